The Morgan fingerprint density at radius 1 is 0.909 bits per heavy atom. The highest BCUT2D eigenvalue weighted by atomic mass is 79.9. The lowest BCUT2D eigenvalue weighted by molar-refractivity contribution is -0.137. The fourth-order valence-corrected chi connectivity index (χ4v) is 2.11. The van der Waals surface area contributed by atoms with Crippen LogP contribution in [0.3, 0.4) is 0 Å². The summed E-state index contributed by atoms with van der Waals surface area (Å²) >= 11 is 3.10. The molecule has 2 aromatic carbocycles. The molecule has 2 aromatic rings. The minimum Gasteiger partial charge on any atom is -0.481 e. The van der Waals surface area contributed by atoms with E-state index in [1.165, 1.54) is 5.56 Å². The Kier molecular flexibility index (Phi) is 8.84. The number of hydrogen-bond donors (Lipinski definition) is 1. The standard InChI is InChI=1S/C10H12O2.C8H7BrO/c11-10(12)8-4-7-9-5-2-1-3-6-9;9-6-8(10)7-4-2-1-3-5-7/h1-3,5-6H,4,7-8H2,(H,11,12);1-5H,6H2. The molecule has 0 aliphatic rings. The van der Waals surface area contributed by atoms with E-state index < -0.39 is 5.97 Å². The van der Waals surface area contributed by atoms with Gasteiger partial charge in [-0.05, 0) is 18.4 Å². The predicted octanol–water partition coefficient (Wildman–Crippen LogP) is 4.36. The van der Waals surface area contributed by atoms with Crippen LogP contribution in [0.4, 0.5) is 0 Å². The quantitative estimate of drug-likeness (QED) is 0.613. The van der Waals surface area contributed by atoms with Crippen molar-refractivity contribution < 1.29 is 14.7 Å². The zero-order chi connectivity index (χ0) is 16.2. The largest absolute Gasteiger partial charge is 0.481 e. The average molecular weight is 363 g/mol. The Bertz CT molecular complexity index is 567. The van der Waals surface area contributed by atoms with Crippen molar-refractivity contribution in [2.75, 3.05) is 5.33 Å². The molecule has 0 saturated heterocycles. The molecule has 0 atom stereocenters. The number of aryl methyl sites for hydroxylation is 1. The summed E-state index contributed by atoms with van der Waals surface area (Å²) in [4.78, 5) is 21.2. The lowest BCUT2D eigenvalue weighted by atomic mass is 10.1. The first-order valence-corrected chi connectivity index (χ1v) is 8.15. The molecule has 4 heteroatoms. The van der Waals surface area contributed by atoms with Gasteiger partial charge in [-0.2, -0.15) is 0 Å². The van der Waals surface area contributed by atoms with E-state index in [-0.39, 0.29) is 12.2 Å². The number of rotatable bonds is 6. The van der Waals surface area contributed by atoms with E-state index in [9.17, 15) is 9.59 Å². The van der Waals surface area contributed by atoms with Gasteiger partial charge in [0.1, 0.15) is 0 Å². The van der Waals surface area contributed by atoms with Crippen molar-refractivity contribution in [3.8, 4) is 0 Å². The molecule has 116 valence electrons. The molecule has 0 aliphatic heterocycles. The zero-order valence-corrected chi connectivity index (χ0v) is 13.8. The van der Waals surface area contributed by atoms with Crippen LogP contribution >= 0.6 is 15.9 Å². The number of ketones is 1. The van der Waals surface area contributed by atoms with E-state index in [1.807, 2.05) is 60.7 Å². The van der Waals surface area contributed by atoms with E-state index in [1.54, 1.807) is 0 Å². The number of aliphatic carboxylic acids is 1. The van der Waals surface area contributed by atoms with Gasteiger partial charge in [-0.25, -0.2) is 0 Å². The van der Waals surface area contributed by atoms with E-state index in [4.69, 9.17) is 5.11 Å². The second-order valence-corrected chi connectivity index (χ2v) is 5.22. The SMILES string of the molecule is O=C(CBr)c1ccccc1.O=C(O)CCCc1ccccc1. The van der Waals surface area contributed by atoms with Crippen LogP contribution in [0, 0.1) is 0 Å². The minimum atomic E-state index is -0.717. The highest BCUT2D eigenvalue weighted by Crippen LogP contribution is 2.04. The summed E-state index contributed by atoms with van der Waals surface area (Å²) in [6, 6.07) is 19.2. The lowest BCUT2D eigenvalue weighted by Gasteiger charge is -1.97. The third-order valence-electron chi connectivity index (χ3n) is 2.92. The van der Waals surface area contributed by atoms with E-state index in [0.29, 0.717) is 5.33 Å². The number of carboxylic acids is 1. The third kappa shape index (κ3) is 7.74. The topological polar surface area (TPSA) is 54.4 Å². The molecule has 0 fully saturated rings. The number of hydrogen-bond acceptors (Lipinski definition) is 2. The van der Waals surface area contributed by atoms with Crippen LogP contribution in [0.25, 0.3) is 0 Å². The van der Waals surface area contributed by atoms with Crippen molar-refractivity contribution in [1.29, 1.82) is 0 Å². The van der Waals surface area contributed by atoms with Crippen LogP contribution < -0.4 is 0 Å². The Labute approximate surface area is 139 Å². The first-order chi connectivity index (χ1) is 10.6. The first-order valence-electron chi connectivity index (χ1n) is 7.03. The highest BCUT2D eigenvalue weighted by molar-refractivity contribution is 9.09. The van der Waals surface area contributed by atoms with Crippen molar-refractivity contribution in [2.24, 2.45) is 0 Å². The van der Waals surface area contributed by atoms with Crippen molar-refractivity contribution in [3.05, 3.63) is 71.8 Å². The van der Waals surface area contributed by atoms with Gasteiger partial charge < -0.3 is 5.11 Å². The second kappa shape index (κ2) is 10.7. The molecular formula is C18H19BrO3. The molecule has 0 bridgehead atoms. The second-order valence-electron chi connectivity index (χ2n) is 4.66. The summed E-state index contributed by atoms with van der Waals surface area (Å²) in [5, 5.41) is 8.79. The number of carbonyl (C=O) groups is 2. The smallest absolute Gasteiger partial charge is 0.303 e. The van der Waals surface area contributed by atoms with Crippen LogP contribution in [0.5, 0.6) is 0 Å². The van der Waals surface area contributed by atoms with Gasteiger partial charge in [0.15, 0.2) is 5.78 Å². The molecule has 0 spiro atoms. The summed E-state index contributed by atoms with van der Waals surface area (Å²) in [5.74, 6) is -0.591. The van der Waals surface area contributed by atoms with Gasteiger partial charge in [0.2, 0.25) is 0 Å². The van der Waals surface area contributed by atoms with Crippen molar-refractivity contribution in [1.82, 2.24) is 0 Å². The lowest BCUT2D eigenvalue weighted by Crippen LogP contribution is -1.98. The fraction of sp³-hybridized carbons (Fsp3) is 0.222. The number of Topliss-reactive ketones (excluding diaryl/α,β-unsaturated/α-hetero) is 1. The van der Waals surface area contributed by atoms with Gasteiger partial charge in [0.05, 0.1) is 5.33 Å². The van der Waals surface area contributed by atoms with Gasteiger partial charge in [0, 0.05) is 12.0 Å². The average Bonchev–Trinajstić information content (AvgIpc) is 2.56. The summed E-state index contributed by atoms with van der Waals surface area (Å²) in [5.41, 5.74) is 1.97. The van der Waals surface area contributed by atoms with Gasteiger partial charge in [-0.3, -0.25) is 9.59 Å². The Hall–Kier alpha value is -1.94. The van der Waals surface area contributed by atoms with Crippen molar-refractivity contribution in [2.45, 2.75) is 19.3 Å². The molecule has 0 saturated carbocycles. The number of carboxylic acid groups (broad SMARTS) is 1. The molecule has 22 heavy (non-hydrogen) atoms. The number of benzene rings is 2. The van der Waals surface area contributed by atoms with Crippen molar-refractivity contribution >= 4 is 27.7 Å². The monoisotopic (exact) mass is 362 g/mol. The van der Waals surface area contributed by atoms with Crippen LogP contribution in [-0.2, 0) is 11.2 Å². The zero-order valence-electron chi connectivity index (χ0n) is 12.2. The maximum absolute atomic E-state index is 11.0. The number of halogens is 1. The maximum Gasteiger partial charge on any atom is 0.303 e. The molecule has 0 heterocycles. The van der Waals surface area contributed by atoms with Crippen LogP contribution in [0.15, 0.2) is 60.7 Å². The predicted molar refractivity (Wildman–Crippen MR) is 91.6 cm³/mol. The molecule has 1 N–H and O–H groups in total. The normalized spacial score (nSPS) is 9.50. The molecule has 0 aromatic heterocycles. The molecule has 0 amide bonds. The Morgan fingerprint density at radius 3 is 1.95 bits per heavy atom. The minimum absolute atomic E-state index is 0.126. The van der Waals surface area contributed by atoms with Gasteiger partial charge in [0.25, 0.3) is 0 Å². The van der Waals surface area contributed by atoms with E-state index in [0.717, 1.165) is 18.4 Å². The number of alkyl halides is 1. The third-order valence-corrected chi connectivity index (χ3v) is 3.43. The van der Waals surface area contributed by atoms with E-state index in [2.05, 4.69) is 15.9 Å². The summed E-state index contributed by atoms with van der Waals surface area (Å²) in [6.07, 6.45) is 1.83. The fourth-order valence-electron chi connectivity index (χ4n) is 1.79. The van der Waals surface area contributed by atoms with Crippen LogP contribution in [0.1, 0.15) is 28.8 Å². The summed E-state index contributed by atoms with van der Waals surface area (Å²) < 4.78 is 0. The Morgan fingerprint density at radius 2 is 1.45 bits per heavy atom. The summed E-state index contributed by atoms with van der Waals surface area (Å²) in [6.45, 7) is 0. The molecule has 0 radical (unpaired) electrons. The Balaban J connectivity index is 0.000000224. The first kappa shape index (κ1) is 18.1. The molecular weight excluding hydrogens is 344 g/mol. The summed E-state index contributed by atoms with van der Waals surface area (Å²) in [7, 11) is 0. The van der Waals surface area contributed by atoms with Gasteiger partial charge in [-0.1, -0.05) is 76.6 Å². The van der Waals surface area contributed by atoms with Crippen molar-refractivity contribution in [3.63, 3.8) is 0 Å². The highest BCUT2D eigenvalue weighted by Gasteiger charge is 1.99. The molecule has 0 unspecified atom stereocenters. The van der Waals surface area contributed by atoms with Crippen LogP contribution in [0.2, 0.25) is 0 Å². The van der Waals surface area contributed by atoms with Gasteiger partial charge in [-0.15, -0.1) is 0 Å². The van der Waals surface area contributed by atoms with Crippen LogP contribution in [-0.4, -0.2) is 22.2 Å². The van der Waals surface area contributed by atoms with E-state index >= 15 is 0 Å². The molecule has 2 rings (SSSR count). The number of carbonyl (C=O) groups excluding carboxylic acids is 1. The molecule has 0 aliphatic carbocycles. The molecule has 3 nitrogen and oxygen atoms in total. The maximum atomic E-state index is 11.0. The van der Waals surface area contributed by atoms with Gasteiger partial charge >= 0.3 is 5.97 Å².